The van der Waals surface area contributed by atoms with Gasteiger partial charge >= 0.3 is 5.97 Å². The second kappa shape index (κ2) is 8.88. The lowest BCUT2D eigenvalue weighted by Gasteiger charge is -2.27. The van der Waals surface area contributed by atoms with Gasteiger partial charge in [-0.1, -0.05) is 38.9 Å². The maximum absolute atomic E-state index is 11.4. The van der Waals surface area contributed by atoms with Crippen LogP contribution in [-0.4, -0.2) is 47.5 Å². The molecule has 0 aliphatic carbocycles. The summed E-state index contributed by atoms with van der Waals surface area (Å²) in [5, 5.41) is 11.4. The number of hydrogen-bond donors (Lipinski definition) is 0. The lowest BCUT2D eigenvalue weighted by molar-refractivity contribution is 0.0503. The smallest absolute Gasteiger partial charge is 0.380 e. The number of hydrogen-bond acceptors (Lipinski definition) is 6. The maximum atomic E-state index is 11.4. The maximum Gasteiger partial charge on any atom is 0.380 e. The van der Waals surface area contributed by atoms with E-state index in [1.54, 1.807) is 6.92 Å². The van der Waals surface area contributed by atoms with Crippen LogP contribution in [0.25, 0.3) is 0 Å². The summed E-state index contributed by atoms with van der Waals surface area (Å²) in [5.41, 5.74) is 0. The van der Waals surface area contributed by atoms with Crippen molar-refractivity contribution in [2.24, 2.45) is 0 Å². The standard InChI is InChI=1S/C13H26N4O3Si/c1-5-20-13(18)12-14-16-17(15-12)11-19-9-10-21(6-2,7-3)8-4/h5-11H2,1-4H3. The van der Waals surface area contributed by atoms with Gasteiger partial charge in [-0.2, -0.15) is 0 Å². The van der Waals surface area contributed by atoms with Gasteiger partial charge in [-0.15, -0.1) is 15.0 Å². The number of tetrazole rings is 1. The van der Waals surface area contributed by atoms with E-state index in [9.17, 15) is 4.79 Å². The van der Waals surface area contributed by atoms with Gasteiger partial charge in [0.05, 0.1) is 14.7 Å². The van der Waals surface area contributed by atoms with E-state index in [0.29, 0.717) is 13.2 Å². The summed E-state index contributed by atoms with van der Waals surface area (Å²) in [7, 11) is -1.14. The van der Waals surface area contributed by atoms with Crippen LogP contribution in [0.3, 0.4) is 0 Å². The van der Waals surface area contributed by atoms with Crippen molar-refractivity contribution in [2.75, 3.05) is 13.2 Å². The average Bonchev–Trinajstić information content (AvgIpc) is 2.97. The van der Waals surface area contributed by atoms with Crippen LogP contribution in [0, 0.1) is 0 Å². The highest BCUT2D eigenvalue weighted by Crippen LogP contribution is 2.24. The van der Waals surface area contributed by atoms with Crippen LogP contribution in [0.5, 0.6) is 0 Å². The predicted octanol–water partition coefficient (Wildman–Crippen LogP) is 2.33. The fraction of sp³-hybridized carbons (Fsp3) is 0.846. The zero-order valence-corrected chi connectivity index (χ0v) is 14.5. The lowest BCUT2D eigenvalue weighted by atomic mass is 10.6. The normalized spacial score (nSPS) is 11.6. The molecule has 1 aromatic rings. The first kappa shape index (κ1) is 17.8. The number of carbonyl (C=O) groups excluding carboxylic acids is 1. The molecule has 0 atom stereocenters. The fourth-order valence-electron chi connectivity index (χ4n) is 2.29. The Hall–Kier alpha value is -1.28. The topological polar surface area (TPSA) is 79.1 Å². The molecular formula is C13H26N4O3Si. The molecule has 0 radical (unpaired) electrons. The molecule has 1 rings (SSSR count). The van der Waals surface area contributed by atoms with Gasteiger partial charge in [-0.3, -0.25) is 0 Å². The lowest BCUT2D eigenvalue weighted by Crippen LogP contribution is -2.32. The van der Waals surface area contributed by atoms with E-state index < -0.39 is 14.0 Å². The summed E-state index contributed by atoms with van der Waals surface area (Å²) < 4.78 is 10.4. The van der Waals surface area contributed by atoms with E-state index in [4.69, 9.17) is 9.47 Å². The summed E-state index contributed by atoms with van der Waals surface area (Å²) in [5.74, 6) is -0.585. The van der Waals surface area contributed by atoms with E-state index in [1.165, 1.54) is 22.9 Å². The van der Waals surface area contributed by atoms with E-state index in [-0.39, 0.29) is 12.6 Å². The van der Waals surface area contributed by atoms with E-state index in [0.717, 1.165) is 6.04 Å². The van der Waals surface area contributed by atoms with Gasteiger partial charge in [0.15, 0.2) is 6.73 Å². The Kier molecular flexibility index (Phi) is 7.52. The van der Waals surface area contributed by atoms with Crippen molar-refractivity contribution in [1.82, 2.24) is 20.2 Å². The van der Waals surface area contributed by atoms with Crippen molar-refractivity contribution >= 4 is 14.0 Å². The summed E-state index contributed by atoms with van der Waals surface area (Å²) in [6.45, 7) is 9.79. The van der Waals surface area contributed by atoms with Crippen molar-refractivity contribution in [3.8, 4) is 0 Å². The van der Waals surface area contributed by atoms with Crippen LogP contribution in [-0.2, 0) is 16.2 Å². The molecule has 7 nitrogen and oxygen atoms in total. The highest BCUT2D eigenvalue weighted by Gasteiger charge is 2.25. The highest BCUT2D eigenvalue weighted by atomic mass is 28.3. The Labute approximate surface area is 127 Å². The molecule has 0 unspecified atom stereocenters. The molecule has 0 N–H and O–H groups in total. The zero-order valence-electron chi connectivity index (χ0n) is 13.5. The number of nitrogens with zero attached hydrogens (tertiary/aromatic N) is 4. The van der Waals surface area contributed by atoms with Gasteiger partial charge in [-0.25, -0.2) is 4.79 Å². The Morgan fingerprint density at radius 2 is 1.86 bits per heavy atom. The van der Waals surface area contributed by atoms with Crippen LogP contribution >= 0.6 is 0 Å². The third-order valence-corrected chi connectivity index (χ3v) is 9.91. The number of aromatic nitrogens is 4. The number of esters is 1. The molecule has 0 saturated carbocycles. The first-order chi connectivity index (χ1) is 10.1. The van der Waals surface area contributed by atoms with Gasteiger partial charge < -0.3 is 9.47 Å². The van der Waals surface area contributed by atoms with Crippen LogP contribution in [0.2, 0.25) is 24.2 Å². The average molecular weight is 314 g/mol. The first-order valence-corrected chi connectivity index (χ1v) is 10.5. The molecule has 0 aromatic carbocycles. The quantitative estimate of drug-likeness (QED) is 0.375. The molecule has 0 bridgehead atoms. The second-order valence-corrected chi connectivity index (χ2v) is 10.7. The highest BCUT2D eigenvalue weighted by molar-refractivity contribution is 6.79. The van der Waals surface area contributed by atoms with Crippen LogP contribution < -0.4 is 0 Å². The summed E-state index contributed by atoms with van der Waals surface area (Å²) in [4.78, 5) is 12.7. The number of ether oxygens (including phenoxy) is 2. The Balaban J connectivity index is 2.38. The molecule has 0 spiro atoms. The fourth-order valence-corrected chi connectivity index (χ4v) is 5.43. The van der Waals surface area contributed by atoms with Crippen molar-refractivity contribution in [3.63, 3.8) is 0 Å². The van der Waals surface area contributed by atoms with Crippen LogP contribution in [0.15, 0.2) is 0 Å². The van der Waals surface area contributed by atoms with Gasteiger partial charge in [0.2, 0.25) is 0 Å². The summed E-state index contributed by atoms with van der Waals surface area (Å²) >= 11 is 0. The van der Waals surface area contributed by atoms with Gasteiger partial charge in [0.25, 0.3) is 5.82 Å². The minimum Gasteiger partial charge on any atom is -0.460 e. The van der Waals surface area contributed by atoms with Crippen molar-refractivity contribution < 1.29 is 14.3 Å². The summed E-state index contributed by atoms with van der Waals surface area (Å²) in [6.07, 6.45) is 0. The molecule has 120 valence electrons. The largest absolute Gasteiger partial charge is 0.460 e. The molecule has 0 fully saturated rings. The number of carbonyl (C=O) groups is 1. The van der Waals surface area contributed by atoms with Crippen molar-refractivity contribution in [2.45, 2.75) is 58.6 Å². The second-order valence-electron chi connectivity index (χ2n) is 5.05. The van der Waals surface area contributed by atoms with Gasteiger partial charge in [0, 0.05) is 6.61 Å². The molecule has 0 aliphatic rings. The predicted molar refractivity (Wildman–Crippen MR) is 81.7 cm³/mol. The Bertz CT molecular complexity index is 427. The number of rotatable bonds is 10. The SMILES string of the molecule is CCOC(=O)c1nnn(COCC[Si](CC)(CC)CC)n1. The third-order valence-electron chi connectivity index (χ3n) is 4.14. The molecule has 1 aromatic heterocycles. The third kappa shape index (κ3) is 5.20. The molecule has 21 heavy (non-hydrogen) atoms. The molecule has 1 heterocycles. The molecular weight excluding hydrogens is 288 g/mol. The van der Waals surface area contributed by atoms with Gasteiger partial charge in [0.1, 0.15) is 0 Å². The first-order valence-electron chi connectivity index (χ1n) is 7.63. The van der Waals surface area contributed by atoms with Gasteiger partial charge in [-0.05, 0) is 18.2 Å². The van der Waals surface area contributed by atoms with E-state index >= 15 is 0 Å². The molecule has 8 heteroatoms. The summed E-state index contributed by atoms with van der Waals surface area (Å²) in [6, 6.07) is 5.02. The van der Waals surface area contributed by atoms with Crippen LogP contribution in [0.1, 0.15) is 38.3 Å². The molecule has 0 saturated heterocycles. The minimum absolute atomic E-state index is 0.0279. The van der Waals surface area contributed by atoms with E-state index in [2.05, 4.69) is 36.2 Å². The van der Waals surface area contributed by atoms with Crippen molar-refractivity contribution in [3.05, 3.63) is 5.82 Å². The Morgan fingerprint density at radius 3 is 2.43 bits per heavy atom. The van der Waals surface area contributed by atoms with E-state index in [1.807, 2.05) is 0 Å². The monoisotopic (exact) mass is 314 g/mol. The molecule has 0 aliphatic heterocycles. The minimum atomic E-state index is -1.14. The van der Waals surface area contributed by atoms with Crippen LogP contribution in [0.4, 0.5) is 0 Å². The zero-order chi connectivity index (χ0) is 15.7. The van der Waals surface area contributed by atoms with Crippen molar-refractivity contribution in [1.29, 1.82) is 0 Å². The molecule has 0 amide bonds. The Morgan fingerprint density at radius 1 is 1.19 bits per heavy atom.